The summed E-state index contributed by atoms with van der Waals surface area (Å²) in [5, 5.41) is 0. The summed E-state index contributed by atoms with van der Waals surface area (Å²) >= 11 is 0. The Hall–Kier alpha value is 1.76. The molecule has 0 rings (SSSR count). The van der Waals surface area contributed by atoms with Gasteiger partial charge in [-0.05, 0) is 0 Å². The van der Waals surface area contributed by atoms with Crippen LogP contribution in [0, 0.1) is 7.43 Å². The number of hydrogen-bond donors (Lipinski definition) is 0. The quantitative estimate of drug-likeness (QED) is 0.314. The molecule has 1 radical (unpaired) electrons. The van der Waals surface area contributed by atoms with Crippen molar-refractivity contribution in [3.05, 3.63) is 7.43 Å². The van der Waals surface area contributed by atoms with E-state index >= 15 is 0 Å². The van der Waals surface area contributed by atoms with Crippen molar-refractivity contribution in [1.82, 2.24) is 0 Å². The molecule has 8 heteroatoms. The van der Waals surface area contributed by atoms with Gasteiger partial charge in [0, 0.05) is 0 Å². The Labute approximate surface area is 98.5 Å². The summed E-state index contributed by atoms with van der Waals surface area (Å²) in [5.41, 5.74) is 0. The van der Waals surface area contributed by atoms with Gasteiger partial charge in [0.2, 0.25) is 0 Å². The molecule has 0 aliphatic heterocycles. The standard InChI is InChI=1S/CH3.2Na.6H2O.2H/h1H3;;;6*1H2;;. The molecule has 9 heavy (non-hydrogen) atoms. The minimum atomic E-state index is 0. The van der Waals surface area contributed by atoms with Crippen LogP contribution in [0.15, 0.2) is 0 Å². The third kappa shape index (κ3) is 190. The summed E-state index contributed by atoms with van der Waals surface area (Å²) in [6.45, 7) is 0. The fourth-order valence-corrected chi connectivity index (χ4v) is 0. The minimum absolute atomic E-state index is 0. The van der Waals surface area contributed by atoms with Crippen molar-refractivity contribution in [3.63, 3.8) is 0 Å². The molecular formula is CH17Na2O6. The van der Waals surface area contributed by atoms with E-state index in [1.165, 1.54) is 0 Å². The molecule has 0 saturated carbocycles. The van der Waals surface area contributed by atoms with Crippen molar-refractivity contribution < 1.29 is 32.9 Å². The Morgan fingerprint density at radius 1 is 0.333 bits per heavy atom. The maximum absolute atomic E-state index is 0. The zero-order valence-electron chi connectivity index (χ0n) is 4.00. The normalized spacial score (nSPS) is 0. The Morgan fingerprint density at radius 2 is 0.333 bits per heavy atom. The predicted molar refractivity (Wildman–Crippen MR) is 42.4 cm³/mol. The second-order valence-corrected chi connectivity index (χ2v) is 0. The van der Waals surface area contributed by atoms with Gasteiger partial charge in [-0.25, -0.2) is 0 Å². The molecule has 0 spiro atoms. The second-order valence-electron chi connectivity index (χ2n) is 0. The van der Waals surface area contributed by atoms with Gasteiger partial charge in [0.15, 0.2) is 0 Å². The van der Waals surface area contributed by atoms with Crippen LogP contribution in [0.2, 0.25) is 0 Å². The maximum atomic E-state index is 0. The van der Waals surface area contributed by atoms with Gasteiger partial charge in [-0.15, -0.1) is 0 Å². The van der Waals surface area contributed by atoms with Crippen LogP contribution in [0.1, 0.15) is 0 Å². The Kier molecular flexibility index (Phi) is 8890. The molecule has 0 bridgehead atoms. The molecule has 6 nitrogen and oxygen atoms in total. The predicted octanol–water partition coefficient (Wildman–Crippen LogP) is -5.79. The van der Waals surface area contributed by atoms with Crippen LogP contribution in [0.4, 0.5) is 0 Å². The molecule has 12 N–H and O–H groups in total. The third-order valence-corrected chi connectivity index (χ3v) is 0. The topological polar surface area (TPSA) is 189 Å². The third-order valence-electron chi connectivity index (χ3n) is 0. The Morgan fingerprint density at radius 3 is 0.333 bits per heavy atom. The fourth-order valence-electron chi connectivity index (χ4n) is 0. The van der Waals surface area contributed by atoms with E-state index < -0.39 is 0 Å². The fraction of sp³-hybridized carbons (Fsp3) is 0. The molecule has 0 aromatic rings. The zero-order valence-corrected chi connectivity index (χ0v) is 4.00. The first kappa shape index (κ1) is 331. The molecule has 0 amide bonds. The summed E-state index contributed by atoms with van der Waals surface area (Å²) in [7, 11) is 0. The summed E-state index contributed by atoms with van der Waals surface area (Å²) < 4.78 is 0. The van der Waals surface area contributed by atoms with Gasteiger partial charge in [0.05, 0.1) is 0 Å². The molecule has 0 aromatic heterocycles. The van der Waals surface area contributed by atoms with Crippen LogP contribution in [0.25, 0.3) is 0 Å². The molecule has 0 heterocycles. The summed E-state index contributed by atoms with van der Waals surface area (Å²) in [4.78, 5) is 0. The molecule has 0 aliphatic carbocycles. The SMILES string of the molecule is O.O.O.O.O.O.[CH3].[NaH].[NaH]. The number of rotatable bonds is 0. The summed E-state index contributed by atoms with van der Waals surface area (Å²) in [5.74, 6) is 0. The van der Waals surface area contributed by atoms with Gasteiger partial charge in [-0.3, -0.25) is 0 Å². The monoisotopic (exact) mass is 171 g/mol. The van der Waals surface area contributed by atoms with Gasteiger partial charge in [-0.2, -0.15) is 0 Å². The first-order valence-electron chi connectivity index (χ1n) is 0. The van der Waals surface area contributed by atoms with Gasteiger partial charge in [0.1, 0.15) is 0 Å². The van der Waals surface area contributed by atoms with Crippen molar-refractivity contribution in [3.8, 4) is 0 Å². The van der Waals surface area contributed by atoms with E-state index in [4.69, 9.17) is 0 Å². The van der Waals surface area contributed by atoms with Gasteiger partial charge in [-0.1, -0.05) is 7.43 Å². The van der Waals surface area contributed by atoms with Crippen molar-refractivity contribution in [2.45, 2.75) is 0 Å². The second kappa shape index (κ2) is 242. The van der Waals surface area contributed by atoms with Gasteiger partial charge in [0.25, 0.3) is 0 Å². The van der Waals surface area contributed by atoms with Crippen LogP contribution < -0.4 is 0 Å². The average Bonchev–Trinajstić information content (AvgIpc) is 0. The van der Waals surface area contributed by atoms with Crippen LogP contribution >= 0.6 is 0 Å². The van der Waals surface area contributed by atoms with Crippen LogP contribution in [0.5, 0.6) is 0 Å². The Balaban J connectivity index is 0. The van der Waals surface area contributed by atoms with Crippen LogP contribution in [0.3, 0.4) is 0 Å². The zero-order chi connectivity index (χ0) is 0. The van der Waals surface area contributed by atoms with Gasteiger partial charge < -0.3 is 32.9 Å². The van der Waals surface area contributed by atoms with E-state index in [9.17, 15) is 0 Å². The molecule has 0 atom stereocenters. The van der Waals surface area contributed by atoms with E-state index in [0.29, 0.717) is 0 Å². The van der Waals surface area contributed by atoms with E-state index in [2.05, 4.69) is 0 Å². The Bertz CT molecular complexity index is 11.0. The molecule has 0 fully saturated rings. The van der Waals surface area contributed by atoms with Crippen LogP contribution in [-0.4, -0.2) is 92.0 Å². The molecule has 0 saturated heterocycles. The molecule has 0 aliphatic rings. The average molecular weight is 171 g/mol. The van der Waals surface area contributed by atoms with Crippen LogP contribution in [-0.2, 0) is 0 Å². The van der Waals surface area contributed by atoms with E-state index in [-0.39, 0.29) is 99.4 Å². The molecule has 0 unspecified atom stereocenters. The van der Waals surface area contributed by atoms with E-state index in [1.54, 1.807) is 0 Å². The molecule has 59 valence electrons. The number of hydrogen-bond acceptors (Lipinski definition) is 0. The van der Waals surface area contributed by atoms with E-state index in [0.717, 1.165) is 0 Å². The van der Waals surface area contributed by atoms with Crippen molar-refractivity contribution in [1.29, 1.82) is 0 Å². The van der Waals surface area contributed by atoms with Crippen molar-refractivity contribution in [2.75, 3.05) is 0 Å². The van der Waals surface area contributed by atoms with Gasteiger partial charge >= 0.3 is 59.1 Å². The first-order chi connectivity index (χ1) is 0. The molecular weight excluding hydrogens is 154 g/mol. The molecule has 0 aromatic carbocycles. The summed E-state index contributed by atoms with van der Waals surface area (Å²) in [6.07, 6.45) is 0. The van der Waals surface area contributed by atoms with Crippen molar-refractivity contribution in [2.24, 2.45) is 0 Å². The summed E-state index contributed by atoms with van der Waals surface area (Å²) in [6, 6.07) is 0. The van der Waals surface area contributed by atoms with Crippen molar-refractivity contribution >= 4 is 59.1 Å². The first-order valence-corrected chi connectivity index (χ1v) is 0. The van der Waals surface area contributed by atoms with E-state index in [1.807, 2.05) is 0 Å².